The number of hydrogen-bond acceptors (Lipinski definition) is 6. The van der Waals surface area contributed by atoms with Gasteiger partial charge in [0.2, 0.25) is 0 Å². The van der Waals surface area contributed by atoms with Crippen LogP contribution in [0.4, 0.5) is 5.13 Å². The number of carbonyl (C=O) groups excluding carboxylic acids is 1. The SMILES string of the molecule is CC(C)n1ncc2c(C(=O)Nc3nc(-c4ccccn4)cs3)cc(C3CC3)nc21. The van der Waals surface area contributed by atoms with Crippen molar-refractivity contribution in [2.45, 2.75) is 38.6 Å². The maximum atomic E-state index is 13.1. The van der Waals surface area contributed by atoms with E-state index in [1.807, 2.05) is 34.3 Å². The molecule has 1 aliphatic carbocycles. The second kappa shape index (κ2) is 7.04. The van der Waals surface area contributed by atoms with Gasteiger partial charge in [0, 0.05) is 29.2 Å². The number of nitrogens with one attached hydrogen (secondary N) is 1. The van der Waals surface area contributed by atoms with Crippen molar-refractivity contribution in [2.75, 3.05) is 5.32 Å². The number of nitrogens with zero attached hydrogens (tertiary/aromatic N) is 5. The molecule has 29 heavy (non-hydrogen) atoms. The van der Waals surface area contributed by atoms with Crippen LogP contribution in [0, 0.1) is 0 Å². The van der Waals surface area contributed by atoms with Crippen molar-refractivity contribution in [1.29, 1.82) is 0 Å². The lowest BCUT2D eigenvalue weighted by Gasteiger charge is -2.10. The van der Waals surface area contributed by atoms with Crippen LogP contribution in [0.15, 0.2) is 42.0 Å². The third kappa shape index (κ3) is 3.40. The summed E-state index contributed by atoms with van der Waals surface area (Å²) in [6.07, 6.45) is 5.70. The van der Waals surface area contributed by atoms with Crippen LogP contribution in [0.5, 0.6) is 0 Å². The Balaban J connectivity index is 1.49. The molecule has 5 rings (SSSR count). The first-order valence-electron chi connectivity index (χ1n) is 9.66. The van der Waals surface area contributed by atoms with E-state index in [1.165, 1.54) is 11.3 Å². The molecule has 4 aromatic heterocycles. The maximum absolute atomic E-state index is 13.1. The molecule has 0 radical (unpaired) electrons. The number of rotatable bonds is 5. The molecule has 0 bridgehead atoms. The Hall–Kier alpha value is -3.13. The van der Waals surface area contributed by atoms with E-state index in [9.17, 15) is 4.79 Å². The zero-order chi connectivity index (χ0) is 20.0. The van der Waals surface area contributed by atoms with E-state index in [4.69, 9.17) is 4.98 Å². The topological polar surface area (TPSA) is 85.6 Å². The van der Waals surface area contributed by atoms with Gasteiger partial charge in [0.15, 0.2) is 10.8 Å². The van der Waals surface area contributed by atoms with Gasteiger partial charge in [0.25, 0.3) is 5.91 Å². The van der Waals surface area contributed by atoms with Crippen molar-refractivity contribution in [3.8, 4) is 11.4 Å². The highest BCUT2D eigenvalue weighted by Gasteiger charge is 2.28. The van der Waals surface area contributed by atoms with Gasteiger partial charge in [-0.25, -0.2) is 14.6 Å². The molecular weight excluding hydrogens is 384 g/mol. The van der Waals surface area contributed by atoms with Crippen LogP contribution < -0.4 is 5.32 Å². The standard InChI is InChI=1S/C21H20N6OS/c1-12(2)27-19-15(10-23-27)14(9-17(24-19)13-6-7-13)20(28)26-21-25-18(11-29-21)16-5-3-4-8-22-16/h3-5,8-13H,6-7H2,1-2H3,(H,25,26,28). The van der Waals surface area contributed by atoms with Gasteiger partial charge in [-0.2, -0.15) is 5.10 Å². The van der Waals surface area contributed by atoms with E-state index in [0.29, 0.717) is 16.6 Å². The fourth-order valence-corrected chi connectivity index (χ4v) is 4.02. The molecule has 0 spiro atoms. The Morgan fingerprint density at radius 1 is 1.24 bits per heavy atom. The lowest BCUT2D eigenvalue weighted by molar-refractivity contribution is 0.102. The Kier molecular flexibility index (Phi) is 4.35. The summed E-state index contributed by atoms with van der Waals surface area (Å²) in [5.74, 6) is 0.251. The normalized spacial score (nSPS) is 13.9. The Labute approximate surface area is 171 Å². The first-order valence-corrected chi connectivity index (χ1v) is 10.5. The van der Waals surface area contributed by atoms with Crippen molar-refractivity contribution in [2.24, 2.45) is 0 Å². The summed E-state index contributed by atoms with van der Waals surface area (Å²) in [6, 6.07) is 7.76. The average Bonchev–Trinajstić information content (AvgIpc) is 3.32. The average molecular weight is 404 g/mol. The fourth-order valence-electron chi connectivity index (χ4n) is 3.32. The molecule has 146 valence electrons. The molecule has 1 aliphatic rings. The zero-order valence-corrected chi connectivity index (χ0v) is 17.0. The number of anilines is 1. The number of fused-ring (bicyclic) bond motifs is 1. The van der Waals surface area contributed by atoms with Crippen LogP contribution in [0.25, 0.3) is 22.4 Å². The first kappa shape index (κ1) is 17.9. The van der Waals surface area contributed by atoms with Gasteiger partial charge in [0.05, 0.1) is 22.8 Å². The number of aromatic nitrogens is 5. The molecule has 4 aromatic rings. The molecular formula is C21H20N6OS. The van der Waals surface area contributed by atoms with Crippen molar-refractivity contribution in [3.63, 3.8) is 0 Å². The second-order valence-corrected chi connectivity index (χ2v) is 8.35. The van der Waals surface area contributed by atoms with Crippen molar-refractivity contribution in [1.82, 2.24) is 24.7 Å². The van der Waals surface area contributed by atoms with Crippen LogP contribution in [-0.2, 0) is 0 Å². The van der Waals surface area contributed by atoms with Gasteiger partial charge >= 0.3 is 0 Å². The summed E-state index contributed by atoms with van der Waals surface area (Å²) >= 11 is 1.39. The van der Waals surface area contributed by atoms with Crippen LogP contribution in [0.3, 0.4) is 0 Å². The smallest absolute Gasteiger partial charge is 0.258 e. The highest BCUT2D eigenvalue weighted by molar-refractivity contribution is 7.14. The highest BCUT2D eigenvalue weighted by Crippen LogP contribution is 2.40. The summed E-state index contributed by atoms with van der Waals surface area (Å²) in [5, 5.41) is 10.6. The van der Waals surface area contributed by atoms with Crippen LogP contribution in [0.2, 0.25) is 0 Å². The monoisotopic (exact) mass is 404 g/mol. The number of carbonyl (C=O) groups is 1. The highest BCUT2D eigenvalue weighted by atomic mass is 32.1. The first-order chi connectivity index (χ1) is 14.1. The van der Waals surface area contributed by atoms with E-state index in [0.717, 1.165) is 41.0 Å². The summed E-state index contributed by atoms with van der Waals surface area (Å²) in [4.78, 5) is 26.8. The minimum atomic E-state index is -0.190. The Morgan fingerprint density at radius 3 is 2.83 bits per heavy atom. The minimum Gasteiger partial charge on any atom is -0.298 e. The number of amides is 1. The maximum Gasteiger partial charge on any atom is 0.258 e. The quantitative estimate of drug-likeness (QED) is 0.523. The number of hydrogen-bond donors (Lipinski definition) is 1. The predicted octanol–water partition coefficient (Wildman–Crippen LogP) is 4.66. The second-order valence-electron chi connectivity index (χ2n) is 7.50. The van der Waals surface area contributed by atoms with Crippen molar-refractivity contribution in [3.05, 3.63) is 53.3 Å². The molecule has 0 unspecified atom stereocenters. The third-order valence-electron chi connectivity index (χ3n) is 4.97. The van der Waals surface area contributed by atoms with Crippen LogP contribution in [0.1, 0.15) is 54.7 Å². The third-order valence-corrected chi connectivity index (χ3v) is 5.73. The van der Waals surface area contributed by atoms with E-state index in [2.05, 4.69) is 34.2 Å². The van der Waals surface area contributed by atoms with Gasteiger partial charge in [-0.15, -0.1) is 11.3 Å². The summed E-state index contributed by atoms with van der Waals surface area (Å²) in [5.41, 5.74) is 3.86. The minimum absolute atomic E-state index is 0.172. The largest absolute Gasteiger partial charge is 0.298 e. The van der Waals surface area contributed by atoms with E-state index in [1.54, 1.807) is 12.4 Å². The molecule has 1 N–H and O–H groups in total. The van der Waals surface area contributed by atoms with Gasteiger partial charge in [-0.05, 0) is 44.9 Å². The van der Waals surface area contributed by atoms with E-state index >= 15 is 0 Å². The van der Waals surface area contributed by atoms with Gasteiger partial charge < -0.3 is 0 Å². The van der Waals surface area contributed by atoms with Crippen molar-refractivity contribution < 1.29 is 4.79 Å². The van der Waals surface area contributed by atoms with Crippen LogP contribution >= 0.6 is 11.3 Å². The molecule has 0 atom stereocenters. The fraction of sp³-hybridized carbons (Fsp3) is 0.286. The van der Waals surface area contributed by atoms with Gasteiger partial charge in [0.1, 0.15) is 5.69 Å². The Morgan fingerprint density at radius 2 is 2.10 bits per heavy atom. The summed E-state index contributed by atoms with van der Waals surface area (Å²) in [6.45, 7) is 4.12. The molecule has 8 heteroatoms. The zero-order valence-electron chi connectivity index (χ0n) is 16.2. The van der Waals surface area contributed by atoms with Gasteiger partial charge in [-0.1, -0.05) is 6.07 Å². The molecule has 1 fully saturated rings. The summed E-state index contributed by atoms with van der Waals surface area (Å²) < 4.78 is 1.88. The molecule has 1 saturated carbocycles. The number of pyridine rings is 2. The van der Waals surface area contributed by atoms with E-state index < -0.39 is 0 Å². The van der Waals surface area contributed by atoms with Crippen molar-refractivity contribution >= 4 is 33.4 Å². The molecule has 1 amide bonds. The van der Waals surface area contributed by atoms with Gasteiger partial charge in [-0.3, -0.25) is 15.1 Å². The van der Waals surface area contributed by atoms with E-state index in [-0.39, 0.29) is 11.9 Å². The van der Waals surface area contributed by atoms with Crippen LogP contribution in [-0.4, -0.2) is 30.6 Å². The number of thiazole rings is 1. The lowest BCUT2D eigenvalue weighted by atomic mass is 10.1. The molecule has 0 aromatic carbocycles. The summed E-state index contributed by atoms with van der Waals surface area (Å²) in [7, 11) is 0. The molecule has 7 nitrogen and oxygen atoms in total. The molecule has 0 saturated heterocycles. The Bertz CT molecular complexity index is 1190. The lowest BCUT2D eigenvalue weighted by Crippen LogP contribution is -2.13. The molecule has 4 heterocycles. The molecule has 0 aliphatic heterocycles. The predicted molar refractivity (Wildman–Crippen MR) is 113 cm³/mol.